The first kappa shape index (κ1) is 12.5. The highest BCUT2D eigenvalue weighted by Crippen LogP contribution is 2.37. The molecule has 0 aromatic heterocycles. The lowest BCUT2D eigenvalue weighted by Gasteiger charge is -2.34. The summed E-state index contributed by atoms with van der Waals surface area (Å²) in [5, 5.41) is 10.1. The molecule has 1 aromatic carbocycles. The van der Waals surface area contributed by atoms with E-state index < -0.39 is 0 Å². The predicted octanol–water partition coefficient (Wildman–Crippen LogP) is 3.25. The van der Waals surface area contributed by atoms with Gasteiger partial charge in [0.25, 0.3) is 0 Å². The molecular weight excluding hydrogens is 238 g/mol. The number of hydrogen-bond donors (Lipinski definition) is 1. The quantitative estimate of drug-likeness (QED) is 0.841. The Hall–Kier alpha value is -1.51. The van der Waals surface area contributed by atoms with Crippen LogP contribution < -0.4 is 4.90 Å². The van der Waals surface area contributed by atoms with Crippen LogP contribution >= 0.6 is 0 Å². The van der Waals surface area contributed by atoms with E-state index in [1.54, 1.807) is 6.07 Å². The molecule has 0 saturated heterocycles. The number of para-hydroxylation sites is 1. The fourth-order valence-corrected chi connectivity index (χ4v) is 3.42. The van der Waals surface area contributed by atoms with Gasteiger partial charge in [-0.05, 0) is 37.3 Å². The van der Waals surface area contributed by atoms with E-state index in [1.165, 1.54) is 6.42 Å². The Labute approximate surface area is 114 Å². The van der Waals surface area contributed by atoms with Crippen molar-refractivity contribution in [2.24, 2.45) is 5.92 Å². The number of rotatable bonds is 1. The molecule has 1 aliphatic carbocycles. The molecule has 0 unspecified atom stereocenters. The van der Waals surface area contributed by atoms with Crippen LogP contribution in [0.5, 0.6) is 5.75 Å². The first-order valence-electron chi connectivity index (χ1n) is 7.39. The molecule has 1 aliphatic heterocycles. The maximum absolute atomic E-state index is 12.7. The van der Waals surface area contributed by atoms with Crippen LogP contribution in [0.4, 0.5) is 5.69 Å². The third-order valence-corrected chi connectivity index (χ3v) is 4.42. The lowest BCUT2D eigenvalue weighted by molar-refractivity contribution is -0.123. The lowest BCUT2D eigenvalue weighted by Crippen LogP contribution is -2.40. The average Bonchev–Trinajstić information content (AvgIpc) is 2.47. The van der Waals surface area contributed by atoms with E-state index in [9.17, 15) is 9.90 Å². The minimum absolute atomic E-state index is 0.166. The second-order valence-corrected chi connectivity index (χ2v) is 5.71. The number of phenols is 1. The number of phenolic OH excluding ortho intramolecular Hbond substituents is 1. The fourth-order valence-electron chi connectivity index (χ4n) is 3.42. The molecule has 0 atom stereocenters. The Bertz CT molecular complexity index is 478. The monoisotopic (exact) mass is 259 g/mol. The van der Waals surface area contributed by atoms with Gasteiger partial charge < -0.3 is 10.0 Å². The summed E-state index contributed by atoms with van der Waals surface area (Å²) in [7, 11) is 0. The topological polar surface area (TPSA) is 40.5 Å². The van der Waals surface area contributed by atoms with E-state index in [4.69, 9.17) is 0 Å². The molecule has 3 heteroatoms. The minimum Gasteiger partial charge on any atom is -0.506 e. The van der Waals surface area contributed by atoms with Crippen molar-refractivity contribution < 1.29 is 9.90 Å². The highest BCUT2D eigenvalue weighted by atomic mass is 16.3. The predicted molar refractivity (Wildman–Crippen MR) is 75.4 cm³/mol. The molecule has 1 amide bonds. The Kier molecular flexibility index (Phi) is 3.45. The normalized spacial score (nSPS) is 20.1. The second kappa shape index (κ2) is 5.24. The van der Waals surface area contributed by atoms with E-state index in [0.29, 0.717) is 0 Å². The number of carbonyl (C=O) groups is 1. The molecule has 3 rings (SSSR count). The first-order valence-corrected chi connectivity index (χ1v) is 7.39. The molecule has 3 nitrogen and oxygen atoms in total. The summed E-state index contributed by atoms with van der Waals surface area (Å²) in [6.45, 7) is 0.750. The first-order chi connectivity index (χ1) is 9.27. The molecule has 1 aromatic rings. The van der Waals surface area contributed by atoms with E-state index in [2.05, 4.69) is 0 Å². The van der Waals surface area contributed by atoms with Crippen molar-refractivity contribution in [2.75, 3.05) is 11.4 Å². The number of fused-ring (bicyclic) bond motifs is 1. The van der Waals surface area contributed by atoms with Gasteiger partial charge in [0.15, 0.2) is 0 Å². The number of hydrogen-bond acceptors (Lipinski definition) is 2. The van der Waals surface area contributed by atoms with Crippen molar-refractivity contribution in [3.05, 3.63) is 23.8 Å². The molecule has 19 heavy (non-hydrogen) atoms. The molecule has 1 saturated carbocycles. The van der Waals surface area contributed by atoms with Crippen molar-refractivity contribution in [3.63, 3.8) is 0 Å². The number of benzene rings is 1. The average molecular weight is 259 g/mol. The molecular formula is C16H21NO2. The largest absolute Gasteiger partial charge is 0.506 e. The fraction of sp³-hybridized carbons (Fsp3) is 0.562. The summed E-state index contributed by atoms with van der Waals surface area (Å²) in [5.41, 5.74) is 1.87. The van der Waals surface area contributed by atoms with Crippen LogP contribution in [0.15, 0.2) is 18.2 Å². The molecule has 1 fully saturated rings. The SMILES string of the molecule is O=C(C1CCCCC1)N1CCCc2cccc(O)c21. The number of carbonyl (C=O) groups excluding carboxylic acids is 1. The Morgan fingerprint density at radius 3 is 2.74 bits per heavy atom. The number of nitrogens with zero attached hydrogens (tertiary/aromatic N) is 1. The van der Waals surface area contributed by atoms with Crippen molar-refractivity contribution in [3.8, 4) is 5.75 Å². The van der Waals surface area contributed by atoms with Gasteiger partial charge in [-0.2, -0.15) is 0 Å². The standard InChI is InChI=1S/C16H21NO2/c18-14-10-4-8-12-9-5-11-17(15(12)14)16(19)13-6-2-1-3-7-13/h4,8,10,13,18H,1-3,5-7,9,11H2. The number of aryl methyl sites for hydroxylation is 1. The van der Waals surface area contributed by atoms with Gasteiger partial charge in [-0.1, -0.05) is 31.4 Å². The highest BCUT2D eigenvalue weighted by Gasteiger charge is 2.31. The van der Waals surface area contributed by atoms with Crippen LogP contribution in [-0.4, -0.2) is 17.6 Å². The summed E-state index contributed by atoms with van der Waals surface area (Å²) in [6, 6.07) is 5.57. The van der Waals surface area contributed by atoms with Gasteiger partial charge in [-0.3, -0.25) is 4.79 Å². The van der Waals surface area contributed by atoms with Crippen molar-refractivity contribution in [1.82, 2.24) is 0 Å². The molecule has 1 N–H and O–H groups in total. The number of amides is 1. The summed E-state index contributed by atoms with van der Waals surface area (Å²) in [5.74, 6) is 0.641. The zero-order valence-electron chi connectivity index (χ0n) is 11.3. The Morgan fingerprint density at radius 1 is 1.16 bits per heavy atom. The summed E-state index contributed by atoms with van der Waals surface area (Å²) >= 11 is 0. The van der Waals surface area contributed by atoms with E-state index >= 15 is 0 Å². The zero-order chi connectivity index (χ0) is 13.2. The smallest absolute Gasteiger partial charge is 0.230 e. The number of aromatic hydroxyl groups is 1. The highest BCUT2D eigenvalue weighted by molar-refractivity contribution is 5.97. The third-order valence-electron chi connectivity index (χ3n) is 4.42. The van der Waals surface area contributed by atoms with Gasteiger partial charge in [-0.25, -0.2) is 0 Å². The van der Waals surface area contributed by atoms with Crippen LogP contribution in [0.3, 0.4) is 0 Å². The van der Waals surface area contributed by atoms with Gasteiger partial charge >= 0.3 is 0 Å². The van der Waals surface area contributed by atoms with Gasteiger partial charge in [-0.15, -0.1) is 0 Å². The summed E-state index contributed by atoms with van der Waals surface area (Å²) in [4.78, 5) is 14.5. The van der Waals surface area contributed by atoms with Crippen LogP contribution in [0, 0.1) is 5.92 Å². The molecule has 1 heterocycles. The van der Waals surface area contributed by atoms with Crippen LogP contribution in [0.1, 0.15) is 44.1 Å². The van der Waals surface area contributed by atoms with E-state index in [0.717, 1.165) is 56.3 Å². The Balaban J connectivity index is 1.88. The van der Waals surface area contributed by atoms with Crippen molar-refractivity contribution in [1.29, 1.82) is 0 Å². The molecule has 2 aliphatic rings. The summed E-state index contributed by atoms with van der Waals surface area (Å²) in [6.07, 6.45) is 7.56. The molecule has 0 bridgehead atoms. The van der Waals surface area contributed by atoms with Crippen LogP contribution in [0.2, 0.25) is 0 Å². The van der Waals surface area contributed by atoms with Gasteiger partial charge in [0.1, 0.15) is 5.75 Å². The third kappa shape index (κ3) is 2.34. The van der Waals surface area contributed by atoms with Crippen LogP contribution in [-0.2, 0) is 11.2 Å². The number of anilines is 1. The summed E-state index contributed by atoms with van der Waals surface area (Å²) < 4.78 is 0. The molecule has 102 valence electrons. The second-order valence-electron chi connectivity index (χ2n) is 5.71. The lowest BCUT2D eigenvalue weighted by atomic mass is 9.87. The van der Waals surface area contributed by atoms with Crippen molar-refractivity contribution >= 4 is 11.6 Å². The minimum atomic E-state index is 0.166. The maximum atomic E-state index is 12.7. The van der Waals surface area contributed by atoms with Gasteiger partial charge in [0.2, 0.25) is 5.91 Å². The van der Waals surface area contributed by atoms with Crippen molar-refractivity contribution in [2.45, 2.75) is 44.9 Å². The van der Waals surface area contributed by atoms with Crippen LogP contribution in [0.25, 0.3) is 0 Å². The molecule has 0 spiro atoms. The zero-order valence-corrected chi connectivity index (χ0v) is 11.3. The molecule has 0 radical (unpaired) electrons. The van der Waals surface area contributed by atoms with E-state index in [1.807, 2.05) is 17.0 Å². The van der Waals surface area contributed by atoms with Gasteiger partial charge in [0, 0.05) is 12.5 Å². The van der Waals surface area contributed by atoms with Gasteiger partial charge in [0.05, 0.1) is 5.69 Å². The Morgan fingerprint density at radius 2 is 1.95 bits per heavy atom. The maximum Gasteiger partial charge on any atom is 0.230 e. The van der Waals surface area contributed by atoms with E-state index in [-0.39, 0.29) is 17.6 Å².